The molecule has 0 aliphatic carbocycles. The molecule has 0 atom stereocenters. The van der Waals surface area contributed by atoms with Gasteiger partial charge in [0.25, 0.3) is 5.91 Å². The average molecular weight is 492 g/mol. The Morgan fingerprint density at radius 1 is 1.11 bits per heavy atom. The Bertz CT molecular complexity index is 1340. The zero-order valence-corrected chi connectivity index (χ0v) is 21.1. The van der Waals surface area contributed by atoms with Crippen molar-refractivity contribution in [2.75, 3.05) is 32.8 Å². The maximum Gasteiger partial charge on any atom is 0.410 e. The molecule has 0 saturated carbocycles. The fraction of sp³-hybridized carbons (Fsp3) is 0.440. The second-order valence-corrected chi connectivity index (χ2v) is 9.65. The number of carbonyl (C=O) groups is 2. The van der Waals surface area contributed by atoms with Crippen LogP contribution in [0.3, 0.4) is 0 Å². The highest BCUT2D eigenvalue weighted by atomic mass is 16.6. The van der Waals surface area contributed by atoms with Crippen molar-refractivity contribution in [3.05, 3.63) is 35.9 Å². The molecular weight excluding hydrogens is 462 g/mol. The van der Waals surface area contributed by atoms with E-state index in [4.69, 9.17) is 9.47 Å². The van der Waals surface area contributed by atoms with Crippen LogP contribution in [-0.2, 0) is 16.6 Å². The third-order valence-corrected chi connectivity index (χ3v) is 5.74. The number of aromatic nitrogens is 4. The van der Waals surface area contributed by atoms with Gasteiger partial charge in [0.05, 0.1) is 6.33 Å². The minimum atomic E-state index is -0.555. The SMILES string of the molecule is Cc1cc(-c2nc(C#N)nc3c2ncn3C)ccc1OCC(=O)N1CCN(C(=O)OC(C)(C)C)CC1. The number of hydrogen-bond donors (Lipinski definition) is 0. The number of amides is 2. The molecule has 0 spiro atoms. The van der Waals surface area contributed by atoms with Crippen LogP contribution in [0.2, 0.25) is 0 Å². The molecule has 11 nitrogen and oxygen atoms in total. The van der Waals surface area contributed by atoms with E-state index in [0.717, 1.165) is 11.1 Å². The minimum Gasteiger partial charge on any atom is -0.483 e. The van der Waals surface area contributed by atoms with Gasteiger partial charge in [0, 0.05) is 38.8 Å². The molecule has 2 amide bonds. The van der Waals surface area contributed by atoms with Gasteiger partial charge in [0.2, 0.25) is 5.82 Å². The van der Waals surface area contributed by atoms with Gasteiger partial charge in [-0.1, -0.05) is 0 Å². The van der Waals surface area contributed by atoms with Gasteiger partial charge in [-0.2, -0.15) is 10.2 Å². The first-order valence-electron chi connectivity index (χ1n) is 11.6. The summed E-state index contributed by atoms with van der Waals surface area (Å²) < 4.78 is 13.0. The number of nitrogens with zero attached hydrogens (tertiary/aromatic N) is 7. The summed E-state index contributed by atoms with van der Waals surface area (Å²) in [5.74, 6) is 0.495. The Hall–Kier alpha value is -4.20. The van der Waals surface area contributed by atoms with E-state index in [1.54, 1.807) is 26.8 Å². The predicted molar refractivity (Wildman–Crippen MR) is 131 cm³/mol. The number of imidazole rings is 1. The molecule has 3 heterocycles. The Kier molecular flexibility index (Phi) is 6.79. The van der Waals surface area contributed by atoms with Crippen LogP contribution in [0, 0.1) is 18.3 Å². The molecule has 188 valence electrons. The average Bonchev–Trinajstić information content (AvgIpc) is 3.22. The van der Waals surface area contributed by atoms with Gasteiger partial charge in [-0.05, 0) is 51.5 Å². The molecule has 1 saturated heterocycles. The lowest BCUT2D eigenvalue weighted by molar-refractivity contribution is -0.135. The van der Waals surface area contributed by atoms with Gasteiger partial charge in [0.15, 0.2) is 12.3 Å². The zero-order chi connectivity index (χ0) is 26.0. The van der Waals surface area contributed by atoms with E-state index < -0.39 is 5.60 Å². The van der Waals surface area contributed by atoms with Crippen molar-refractivity contribution in [2.45, 2.75) is 33.3 Å². The number of benzene rings is 1. The van der Waals surface area contributed by atoms with Crippen molar-refractivity contribution in [1.29, 1.82) is 5.26 Å². The minimum absolute atomic E-state index is 0.0662. The summed E-state index contributed by atoms with van der Waals surface area (Å²) in [5, 5.41) is 9.33. The number of ether oxygens (including phenoxy) is 2. The van der Waals surface area contributed by atoms with Crippen LogP contribution in [-0.4, -0.2) is 79.7 Å². The number of rotatable bonds is 4. The third kappa shape index (κ3) is 5.38. The first kappa shape index (κ1) is 24.9. The second kappa shape index (κ2) is 9.81. The van der Waals surface area contributed by atoms with Crippen LogP contribution in [0.1, 0.15) is 32.2 Å². The molecule has 11 heteroatoms. The van der Waals surface area contributed by atoms with Gasteiger partial charge in [-0.25, -0.2) is 14.8 Å². The fourth-order valence-electron chi connectivity index (χ4n) is 3.91. The summed E-state index contributed by atoms with van der Waals surface area (Å²) >= 11 is 0. The van der Waals surface area contributed by atoms with E-state index in [2.05, 4.69) is 15.0 Å². The van der Waals surface area contributed by atoms with Gasteiger partial charge in [-0.15, -0.1) is 0 Å². The van der Waals surface area contributed by atoms with E-state index in [1.165, 1.54) is 0 Å². The summed E-state index contributed by atoms with van der Waals surface area (Å²) in [6.45, 7) is 8.93. The van der Waals surface area contributed by atoms with Gasteiger partial charge < -0.3 is 23.8 Å². The second-order valence-electron chi connectivity index (χ2n) is 9.65. The highest BCUT2D eigenvalue weighted by Gasteiger charge is 2.28. The zero-order valence-electron chi connectivity index (χ0n) is 21.1. The van der Waals surface area contributed by atoms with Crippen LogP contribution in [0.5, 0.6) is 5.75 Å². The largest absolute Gasteiger partial charge is 0.483 e. The summed E-state index contributed by atoms with van der Waals surface area (Å²) in [6, 6.07) is 7.48. The molecule has 3 aromatic rings. The van der Waals surface area contributed by atoms with Crippen molar-refractivity contribution >= 4 is 23.2 Å². The summed E-state index contributed by atoms with van der Waals surface area (Å²) in [7, 11) is 1.81. The van der Waals surface area contributed by atoms with Crippen LogP contribution in [0.4, 0.5) is 4.79 Å². The molecule has 1 aliphatic rings. The molecule has 1 fully saturated rings. The smallest absolute Gasteiger partial charge is 0.410 e. The van der Waals surface area contributed by atoms with Crippen LogP contribution >= 0.6 is 0 Å². The van der Waals surface area contributed by atoms with Crippen molar-refractivity contribution < 1.29 is 19.1 Å². The Morgan fingerprint density at radius 3 is 2.44 bits per heavy atom. The van der Waals surface area contributed by atoms with Gasteiger partial charge in [-0.3, -0.25) is 4.79 Å². The Balaban J connectivity index is 1.39. The summed E-state index contributed by atoms with van der Waals surface area (Å²) in [4.78, 5) is 41.2. The van der Waals surface area contributed by atoms with E-state index >= 15 is 0 Å². The molecule has 0 radical (unpaired) electrons. The summed E-state index contributed by atoms with van der Waals surface area (Å²) in [5.41, 5.74) is 2.77. The van der Waals surface area contributed by atoms with E-state index in [1.807, 2.05) is 52.9 Å². The first-order valence-corrected chi connectivity index (χ1v) is 11.6. The topological polar surface area (TPSA) is 126 Å². The molecular formula is C25H29N7O4. The predicted octanol–water partition coefficient (Wildman–Crippen LogP) is 2.67. The third-order valence-electron chi connectivity index (χ3n) is 5.74. The lowest BCUT2D eigenvalue weighted by atomic mass is 10.1. The number of piperazine rings is 1. The van der Waals surface area contributed by atoms with E-state index in [-0.39, 0.29) is 24.4 Å². The highest BCUT2D eigenvalue weighted by Crippen LogP contribution is 2.29. The van der Waals surface area contributed by atoms with Crippen LogP contribution < -0.4 is 4.74 Å². The van der Waals surface area contributed by atoms with Crippen LogP contribution in [0.25, 0.3) is 22.4 Å². The molecule has 4 rings (SSSR count). The lowest BCUT2D eigenvalue weighted by Crippen LogP contribution is -2.52. The molecule has 0 bridgehead atoms. The molecule has 36 heavy (non-hydrogen) atoms. The van der Waals surface area contributed by atoms with Gasteiger partial charge >= 0.3 is 6.09 Å². The highest BCUT2D eigenvalue weighted by molar-refractivity contribution is 5.88. The lowest BCUT2D eigenvalue weighted by Gasteiger charge is -2.35. The normalized spacial score (nSPS) is 14.0. The number of fused-ring (bicyclic) bond motifs is 1. The van der Waals surface area contributed by atoms with Crippen molar-refractivity contribution in [1.82, 2.24) is 29.3 Å². The number of carbonyl (C=O) groups excluding carboxylic acids is 2. The van der Waals surface area contributed by atoms with Gasteiger partial charge in [0.1, 0.15) is 28.6 Å². The molecule has 0 unspecified atom stereocenters. The van der Waals surface area contributed by atoms with Crippen LogP contribution in [0.15, 0.2) is 24.5 Å². The quantitative estimate of drug-likeness (QED) is 0.545. The first-order chi connectivity index (χ1) is 17.1. The molecule has 1 aromatic carbocycles. The molecule has 1 aliphatic heterocycles. The van der Waals surface area contributed by atoms with E-state index in [0.29, 0.717) is 48.8 Å². The molecule has 2 aromatic heterocycles. The number of hydrogen-bond acceptors (Lipinski definition) is 8. The standard InChI is InChI=1S/C25H29N7O4/c1-16-12-17(21-22-23(30(5)15-27-22)29-19(13-26)28-21)6-7-18(16)35-14-20(33)31-8-10-32(11-9-31)24(34)36-25(2,3)4/h6-7,12,15H,8-11,14H2,1-5H3. The monoisotopic (exact) mass is 491 g/mol. The maximum atomic E-state index is 12.7. The van der Waals surface area contributed by atoms with Crippen molar-refractivity contribution in [3.8, 4) is 23.1 Å². The van der Waals surface area contributed by atoms with Crippen molar-refractivity contribution in [2.24, 2.45) is 7.05 Å². The van der Waals surface area contributed by atoms with Crippen molar-refractivity contribution in [3.63, 3.8) is 0 Å². The Morgan fingerprint density at radius 2 is 1.81 bits per heavy atom. The fourth-order valence-corrected chi connectivity index (χ4v) is 3.91. The molecule has 0 N–H and O–H groups in total. The number of aryl methyl sites for hydroxylation is 2. The number of nitriles is 1. The maximum absolute atomic E-state index is 12.7. The Labute approximate surface area is 209 Å². The van der Waals surface area contributed by atoms with E-state index in [9.17, 15) is 14.9 Å². The summed E-state index contributed by atoms with van der Waals surface area (Å²) in [6.07, 6.45) is 1.27.